The van der Waals surface area contributed by atoms with Gasteiger partial charge in [-0.2, -0.15) is 0 Å². The van der Waals surface area contributed by atoms with Crippen LogP contribution in [0.2, 0.25) is 5.15 Å². The van der Waals surface area contributed by atoms with Crippen LogP contribution in [0.25, 0.3) is 0 Å². The maximum absolute atomic E-state index is 12.4. The fourth-order valence-corrected chi connectivity index (χ4v) is 2.29. The van der Waals surface area contributed by atoms with Gasteiger partial charge in [0, 0.05) is 25.2 Å². The van der Waals surface area contributed by atoms with Gasteiger partial charge in [0.05, 0.1) is 12.7 Å². The Hall–Kier alpha value is -1.33. The second-order valence-electron chi connectivity index (χ2n) is 4.53. The normalized spacial score (nSPS) is 19.3. The zero-order valence-electron chi connectivity index (χ0n) is 11.1. The highest BCUT2D eigenvalue weighted by Crippen LogP contribution is 2.17. The molecule has 1 aliphatic heterocycles. The summed E-state index contributed by atoms with van der Waals surface area (Å²) in [6.07, 6.45) is 0.0725. The summed E-state index contributed by atoms with van der Waals surface area (Å²) >= 11 is 5.95. The Morgan fingerprint density at radius 3 is 3.11 bits per heavy atom. The highest BCUT2D eigenvalue weighted by molar-refractivity contribution is 6.29. The molecule has 1 aliphatic rings. The number of halogens is 1. The van der Waals surface area contributed by atoms with E-state index in [-0.39, 0.29) is 12.0 Å². The molecule has 104 valence electrons. The SMILES string of the molecule is CCNc1cc(C(=O)N2CCOC(C)C2)cc(Cl)n1. The molecule has 5 nitrogen and oxygen atoms in total. The highest BCUT2D eigenvalue weighted by atomic mass is 35.5. The second kappa shape index (κ2) is 6.21. The summed E-state index contributed by atoms with van der Waals surface area (Å²) in [5, 5.41) is 3.39. The van der Waals surface area contributed by atoms with Gasteiger partial charge in [0.1, 0.15) is 11.0 Å². The maximum atomic E-state index is 12.4. The summed E-state index contributed by atoms with van der Waals surface area (Å²) in [5.74, 6) is 0.596. The molecule has 19 heavy (non-hydrogen) atoms. The van der Waals surface area contributed by atoms with E-state index in [9.17, 15) is 4.79 Å². The molecule has 1 fully saturated rings. The van der Waals surface area contributed by atoms with E-state index in [2.05, 4.69) is 10.3 Å². The third-order valence-corrected chi connectivity index (χ3v) is 3.12. The molecule has 1 N–H and O–H groups in total. The van der Waals surface area contributed by atoms with Crippen molar-refractivity contribution >= 4 is 23.3 Å². The van der Waals surface area contributed by atoms with Gasteiger partial charge in [-0.15, -0.1) is 0 Å². The van der Waals surface area contributed by atoms with E-state index in [1.165, 1.54) is 0 Å². The number of hydrogen-bond acceptors (Lipinski definition) is 4. The van der Waals surface area contributed by atoms with E-state index in [1.807, 2.05) is 13.8 Å². The molecule has 0 aliphatic carbocycles. The number of carbonyl (C=O) groups excluding carboxylic acids is 1. The van der Waals surface area contributed by atoms with Gasteiger partial charge in [0.15, 0.2) is 0 Å². The molecular formula is C13H18ClN3O2. The molecule has 1 saturated heterocycles. The molecule has 1 unspecified atom stereocenters. The van der Waals surface area contributed by atoms with Gasteiger partial charge in [-0.3, -0.25) is 4.79 Å². The van der Waals surface area contributed by atoms with Crippen molar-refractivity contribution < 1.29 is 9.53 Å². The molecule has 0 spiro atoms. The second-order valence-corrected chi connectivity index (χ2v) is 4.91. The summed E-state index contributed by atoms with van der Waals surface area (Å²) in [6, 6.07) is 3.34. The van der Waals surface area contributed by atoms with E-state index in [0.29, 0.717) is 36.2 Å². The predicted octanol–water partition coefficient (Wildman–Crippen LogP) is 2.03. The van der Waals surface area contributed by atoms with Gasteiger partial charge in [0.25, 0.3) is 5.91 Å². The first-order valence-corrected chi connectivity index (χ1v) is 6.80. The molecule has 1 aromatic rings. The number of ether oxygens (including phenoxy) is 1. The van der Waals surface area contributed by atoms with E-state index >= 15 is 0 Å². The highest BCUT2D eigenvalue weighted by Gasteiger charge is 2.23. The fourth-order valence-electron chi connectivity index (χ4n) is 2.08. The molecular weight excluding hydrogens is 266 g/mol. The lowest BCUT2D eigenvalue weighted by Gasteiger charge is -2.31. The average molecular weight is 284 g/mol. The first kappa shape index (κ1) is 14.1. The molecule has 1 atom stereocenters. The van der Waals surface area contributed by atoms with Crippen LogP contribution in [0.4, 0.5) is 5.82 Å². The first-order valence-electron chi connectivity index (χ1n) is 6.42. The lowest BCUT2D eigenvalue weighted by Crippen LogP contribution is -2.44. The Morgan fingerprint density at radius 2 is 2.42 bits per heavy atom. The number of carbonyl (C=O) groups is 1. The maximum Gasteiger partial charge on any atom is 0.254 e. The van der Waals surface area contributed by atoms with Crippen molar-refractivity contribution in [1.82, 2.24) is 9.88 Å². The van der Waals surface area contributed by atoms with Crippen LogP contribution in [0.5, 0.6) is 0 Å². The van der Waals surface area contributed by atoms with Crippen molar-refractivity contribution in [2.45, 2.75) is 20.0 Å². The Morgan fingerprint density at radius 1 is 1.63 bits per heavy atom. The van der Waals surface area contributed by atoms with Crippen molar-refractivity contribution in [3.8, 4) is 0 Å². The summed E-state index contributed by atoms with van der Waals surface area (Å²) < 4.78 is 5.44. The monoisotopic (exact) mass is 283 g/mol. The minimum atomic E-state index is -0.0291. The molecule has 1 aromatic heterocycles. The van der Waals surface area contributed by atoms with Crippen LogP contribution in [0, 0.1) is 0 Å². The number of hydrogen-bond donors (Lipinski definition) is 1. The van der Waals surface area contributed by atoms with Crippen LogP contribution in [0.15, 0.2) is 12.1 Å². The summed E-state index contributed by atoms with van der Waals surface area (Å²) in [7, 11) is 0. The van der Waals surface area contributed by atoms with Crippen molar-refractivity contribution in [3.05, 3.63) is 22.8 Å². The molecule has 0 saturated carbocycles. The molecule has 0 radical (unpaired) electrons. The Balaban J connectivity index is 2.18. The zero-order chi connectivity index (χ0) is 13.8. The first-order chi connectivity index (χ1) is 9.10. The number of pyridine rings is 1. The topological polar surface area (TPSA) is 54.5 Å². The summed E-state index contributed by atoms with van der Waals surface area (Å²) in [6.45, 7) is 6.45. The minimum Gasteiger partial charge on any atom is -0.375 e. The van der Waals surface area contributed by atoms with Crippen LogP contribution in [-0.2, 0) is 4.74 Å². The summed E-state index contributed by atoms with van der Waals surface area (Å²) in [5.41, 5.74) is 0.560. The minimum absolute atomic E-state index is 0.0291. The number of amides is 1. The molecule has 2 heterocycles. The smallest absolute Gasteiger partial charge is 0.254 e. The van der Waals surface area contributed by atoms with E-state index in [1.54, 1.807) is 17.0 Å². The average Bonchev–Trinajstić information content (AvgIpc) is 2.37. The lowest BCUT2D eigenvalue weighted by atomic mass is 10.2. The van der Waals surface area contributed by atoms with Crippen LogP contribution in [0.3, 0.4) is 0 Å². The zero-order valence-corrected chi connectivity index (χ0v) is 11.9. The van der Waals surface area contributed by atoms with E-state index < -0.39 is 0 Å². The van der Waals surface area contributed by atoms with Crippen LogP contribution in [-0.4, -0.2) is 48.1 Å². The Labute approximate surface area is 117 Å². The number of aromatic nitrogens is 1. The van der Waals surface area contributed by atoms with Crippen LogP contribution >= 0.6 is 11.6 Å². The van der Waals surface area contributed by atoms with E-state index in [0.717, 1.165) is 6.54 Å². The number of nitrogens with one attached hydrogen (secondary N) is 1. The van der Waals surface area contributed by atoms with Gasteiger partial charge in [-0.25, -0.2) is 4.98 Å². The van der Waals surface area contributed by atoms with Crippen LogP contribution in [0.1, 0.15) is 24.2 Å². The summed E-state index contributed by atoms with van der Waals surface area (Å²) in [4.78, 5) is 18.3. The van der Waals surface area contributed by atoms with Crippen molar-refractivity contribution in [2.75, 3.05) is 31.6 Å². The number of morpholine rings is 1. The van der Waals surface area contributed by atoms with Gasteiger partial charge in [-0.1, -0.05) is 11.6 Å². The molecule has 0 bridgehead atoms. The van der Waals surface area contributed by atoms with Crippen LogP contribution < -0.4 is 5.32 Å². The Kier molecular flexibility index (Phi) is 4.61. The van der Waals surface area contributed by atoms with Gasteiger partial charge in [0.2, 0.25) is 0 Å². The quantitative estimate of drug-likeness (QED) is 0.863. The lowest BCUT2D eigenvalue weighted by molar-refractivity contribution is -0.0124. The standard InChI is InChI=1S/C13H18ClN3O2/c1-3-15-12-7-10(6-11(14)16-12)13(18)17-4-5-19-9(2)8-17/h6-7,9H,3-5,8H2,1-2H3,(H,15,16). The van der Waals surface area contributed by atoms with Gasteiger partial charge >= 0.3 is 0 Å². The van der Waals surface area contributed by atoms with E-state index in [4.69, 9.17) is 16.3 Å². The number of anilines is 1. The van der Waals surface area contributed by atoms with Gasteiger partial charge < -0.3 is 15.0 Å². The van der Waals surface area contributed by atoms with Crippen molar-refractivity contribution in [1.29, 1.82) is 0 Å². The third-order valence-electron chi connectivity index (χ3n) is 2.93. The number of nitrogens with zero attached hydrogens (tertiary/aromatic N) is 2. The predicted molar refractivity (Wildman–Crippen MR) is 74.7 cm³/mol. The largest absolute Gasteiger partial charge is 0.375 e. The Bertz CT molecular complexity index is 467. The molecule has 1 amide bonds. The fraction of sp³-hybridized carbons (Fsp3) is 0.538. The molecule has 6 heteroatoms. The third kappa shape index (κ3) is 3.58. The van der Waals surface area contributed by atoms with Crippen molar-refractivity contribution in [3.63, 3.8) is 0 Å². The van der Waals surface area contributed by atoms with Crippen molar-refractivity contribution in [2.24, 2.45) is 0 Å². The van der Waals surface area contributed by atoms with Gasteiger partial charge in [-0.05, 0) is 26.0 Å². The molecule has 2 rings (SSSR count). The molecule has 0 aromatic carbocycles. The number of rotatable bonds is 3.